The normalized spacial score (nSPS) is 20.9. The molecule has 1 saturated carbocycles. The second-order valence-electron chi connectivity index (χ2n) is 6.42. The summed E-state index contributed by atoms with van der Waals surface area (Å²) in [6.45, 7) is 5.13. The van der Waals surface area contributed by atoms with Crippen molar-refractivity contribution in [3.8, 4) is 5.75 Å². The van der Waals surface area contributed by atoms with Crippen molar-refractivity contribution in [2.45, 2.75) is 45.3 Å². The number of nitrogens with two attached hydrogens (primary N) is 1. The van der Waals surface area contributed by atoms with Crippen LogP contribution in [0.15, 0.2) is 18.2 Å². The number of hydrogen-bond acceptors (Lipinski definition) is 3. The van der Waals surface area contributed by atoms with Gasteiger partial charge in [-0.3, -0.25) is 4.79 Å². The van der Waals surface area contributed by atoms with Gasteiger partial charge in [0.1, 0.15) is 11.4 Å². The van der Waals surface area contributed by atoms with Crippen molar-refractivity contribution in [1.82, 2.24) is 0 Å². The van der Waals surface area contributed by atoms with Crippen LogP contribution in [0.25, 0.3) is 0 Å². The molecule has 1 fully saturated rings. The maximum absolute atomic E-state index is 12.6. The van der Waals surface area contributed by atoms with Crippen molar-refractivity contribution in [2.75, 3.05) is 11.4 Å². The van der Waals surface area contributed by atoms with Gasteiger partial charge in [-0.2, -0.15) is 0 Å². The first-order valence-corrected chi connectivity index (χ1v) is 7.33. The van der Waals surface area contributed by atoms with E-state index in [1.54, 1.807) is 0 Å². The first kappa shape index (κ1) is 13.4. The average molecular weight is 274 g/mol. The number of nitrogens with zero attached hydrogens (tertiary/aromatic N) is 1. The lowest BCUT2D eigenvalue weighted by Crippen LogP contribution is -2.51. The highest BCUT2D eigenvalue weighted by Crippen LogP contribution is 2.40. The fourth-order valence-corrected chi connectivity index (χ4v) is 2.86. The number of rotatable bonds is 2. The van der Waals surface area contributed by atoms with Gasteiger partial charge in [0.15, 0.2) is 0 Å². The van der Waals surface area contributed by atoms with Crippen molar-refractivity contribution < 1.29 is 9.53 Å². The number of amides is 1. The number of anilines is 1. The third-order valence-electron chi connectivity index (χ3n) is 4.20. The van der Waals surface area contributed by atoms with Gasteiger partial charge in [-0.05, 0) is 44.4 Å². The second kappa shape index (κ2) is 4.77. The molecule has 1 aliphatic heterocycles. The Balaban J connectivity index is 1.97. The Kier molecular flexibility index (Phi) is 3.21. The maximum Gasteiger partial charge on any atom is 0.230 e. The minimum atomic E-state index is -0.361. The number of carbonyl (C=O) groups excluding carboxylic acids is 1. The molecule has 1 amide bonds. The van der Waals surface area contributed by atoms with Gasteiger partial charge < -0.3 is 15.4 Å². The monoisotopic (exact) mass is 274 g/mol. The minimum absolute atomic E-state index is 0.200. The van der Waals surface area contributed by atoms with E-state index in [-0.39, 0.29) is 17.4 Å². The molecule has 0 unspecified atom stereocenters. The molecular formula is C16H22N2O2. The zero-order chi connectivity index (χ0) is 14.3. The van der Waals surface area contributed by atoms with Gasteiger partial charge in [-0.25, -0.2) is 0 Å². The molecule has 4 heteroatoms. The molecule has 4 nitrogen and oxygen atoms in total. The molecule has 1 aliphatic carbocycles. The van der Waals surface area contributed by atoms with Crippen LogP contribution in [0.2, 0.25) is 0 Å². The Morgan fingerprint density at radius 1 is 1.45 bits per heavy atom. The van der Waals surface area contributed by atoms with E-state index in [1.807, 2.05) is 36.9 Å². The predicted molar refractivity (Wildman–Crippen MR) is 78.7 cm³/mol. The van der Waals surface area contributed by atoms with Crippen molar-refractivity contribution in [2.24, 2.45) is 11.7 Å². The lowest BCUT2D eigenvalue weighted by molar-refractivity contribution is -0.125. The summed E-state index contributed by atoms with van der Waals surface area (Å²) < 4.78 is 6.02. The molecule has 1 heterocycles. The van der Waals surface area contributed by atoms with Crippen LogP contribution < -0.4 is 15.4 Å². The van der Waals surface area contributed by atoms with E-state index in [4.69, 9.17) is 10.5 Å². The molecule has 3 rings (SSSR count). The Bertz CT molecular complexity index is 535. The molecule has 2 aliphatic rings. The van der Waals surface area contributed by atoms with E-state index < -0.39 is 0 Å². The third kappa shape index (κ3) is 2.29. The smallest absolute Gasteiger partial charge is 0.230 e. The van der Waals surface area contributed by atoms with Gasteiger partial charge in [0.2, 0.25) is 5.91 Å². The van der Waals surface area contributed by atoms with Crippen LogP contribution in [0.3, 0.4) is 0 Å². The highest BCUT2D eigenvalue weighted by molar-refractivity contribution is 5.97. The molecular weight excluding hydrogens is 252 g/mol. The standard InChI is InChI=1S/C16H22N2O2/c1-16(2)10-18(15(19)12-4-3-5-12)13-7-6-11(9-17)8-14(13)20-16/h6-8,12H,3-5,9-10,17H2,1-2H3. The van der Waals surface area contributed by atoms with Gasteiger partial charge in [0.25, 0.3) is 0 Å². The summed E-state index contributed by atoms with van der Waals surface area (Å²) >= 11 is 0. The lowest BCUT2D eigenvalue weighted by Gasteiger charge is -2.42. The van der Waals surface area contributed by atoms with Gasteiger partial charge in [-0.15, -0.1) is 0 Å². The molecule has 0 spiro atoms. The Morgan fingerprint density at radius 3 is 2.80 bits per heavy atom. The lowest BCUT2D eigenvalue weighted by atomic mass is 9.84. The summed E-state index contributed by atoms with van der Waals surface area (Å²) in [7, 11) is 0. The van der Waals surface area contributed by atoms with Crippen LogP contribution in [0.4, 0.5) is 5.69 Å². The summed E-state index contributed by atoms with van der Waals surface area (Å²) in [4.78, 5) is 14.5. The number of fused-ring (bicyclic) bond motifs is 1. The van der Waals surface area contributed by atoms with Gasteiger partial charge in [0, 0.05) is 12.5 Å². The fraction of sp³-hybridized carbons (Fsp3) is 0.562. The number of benzene rings is 1. The molecule has 108 valence electrons. The van der Waals surface area contributed by atoms with E-state index in [1.165, 1.54) is 6.42 Å². The molecule has 1 aromatic carbocycles. The first-order chi connectivity index (χ1) is 9.50. The van der Waals surface area contributed by atoms with Gasteiger partial charge >= 0.3 is 0 Å². The molecule has 1 aromatic rings. The van der Waals surface area contributed by atoms with Crippen LogP contribution >= 0.6 is 0 Å². The van der Waals surface area contributed by atoms with Crippen molar-refractivity contribution in [3.05, 3.63) is 23.8 Å². The second-order valence-corrected chi connectivity index (χ2v) is 6.42. The molecule has 0 aromatic heterocycles. The van der Waals surface area contributed by atoms with Crippen LogP contribution in [-0.4, -0.2) is 18.1 Å². The zero-order valence-electron chi connectivity index (χ0n) is 12.2. The molecule has 20 heavy (non-hydrogen) atoms. The average Bonchev–Trinajstić information content (AvgIpc) is 2.33. The summed E-state index contributed by atoms with van der Waals surface area (Å²) in [5.41, 5.74) is 7.24. The van der Waals surface area contributed by atoms with Gasteiger partial charge in [0.05, 0.1) is 12.2 Å². The van der Waals surface area contributed by atoms with E-state index in [2.05, 4.69) is 0 Å². The molecule has 0 saturated heterocycles. The molecule has 0 radical (unpaired) electrons. The van der Waals surface area contributed by atoms with Gasteiger partial charge in [-0.1, -0.05) is 12.5 Å². The number of ether oxygens (including phenoxy) is 1. The van der Waals surface area contributed by atoms with E-state index in [0.29, 0.717) is 13.1 Å². The summed E-state index contributed by atoms with van der Waals surface area (Å²) in [5, 5.41) is 0. The van der Waals surface area contributed by atoms with Crippen LogP contribution in [0, 0.1) is 5.92 Å². The predicted octanol–water partition coefficient (Wildman–Crippen LogP) is 2.45. The highest BCUT2D eigenvalue weighted by atomic mass is 16.5. The summed E-state index contributed by atoms with van der Waals surface area (Å²) in [6, 6.07) is 5.89. The van der Waals surface area contributed by atoms with Crippen LogP contribution in [0.5, 0.6) is 5.75 Å². The maximum atomic E-state index is 12.6. The summed E-state index contributed by atoms with van der Waals surface area (Å²) in [5.74, 6) is 1.22. The Hall–Kier alpha value is -1.55. The van der Waals surface area contributed by atoms with E-state index in [9.17, 15) is 4.79 Å². The summed E-state index contributed by atoms with van der Waals surface area (Å²) in [6.07, 6.45) is 3.21. The topological polar surface area (TPSA) is 55.6 Å². The quantitative estimate of drug-likeness (QED) is 0.901. The van der Waals surface area contributed by atoms with Crippen molar-refractivity contribution >= 4 is 11.6 Å². The van der Waals surface area contributed by atoms with Crippen molar-refractivity contribution in [1.29, 1.82) is 0 Å². The molecule has 2 N–H and O–H groups in total. The largest absolute Gasteiger partial charge is 0.484 e. The number of hydrogen-bond donors (Lipinski definition) is 1. The third-order valence-corrected chi connectivity index (χ3v) is 4.20. The highest BCUT2D eigenvalue weighted by Gasteiger charge is 2.38. The van der Waals surface area contributed by atoms with Crippen molar-refractivity contribution in [3.63, 3.8) is 0 Å². The molecule has 0 bridgehead atoms. The zero-order valence-corrected chi connectivity index (χ0v) is 12.2. The minimum Gasteiger partial charge on any atom is -0.484 e. The first-order valence-electron chi connectivity index (χ1n) is 7.33. The van der Waals surface area contributed by atoms with Crippen LogP contribution in [0.1, 0.15) is 38.7 Å². The fourth-order valence-electron chi connectivity index (χ4n) is 2.86. The molecule has 0 atom stereocenters. The Labute approximate surface area is 119 Å². The SMILES string of the molecule is CC1(C)CN(C(=O)C2CCC2)c2ccc(CN)cc2O1. The van der Waals surface area contributed by atoms with Crippen LogP contribution in [-0.2, 0) is 11.3 Å². The van der Waals surface area contributed by atoms with E-state index in [0.717, 1.165) is 29.8 Å². The Morgan fingerprint density at radius 2 is 2.20 bits per heavy atom. The van der Waals surface area contributed by atoms with E-state index >= 15 is 0 Å². The number of carbonyl (C=O) groups is 1.